The lowest BCUT2D eigenvalue weighted by Gasteiger charge is -2.32. The smallest absolute Gasteiger partial charge is 0.106 e. The molecule has 102 valence electrons. The maximum absolute atomic E-state index is 9.47. The molecule has 0 saturated carbocycles. The van der Waals surface area contributed by atoms with E-state index in [0.29, 0.717) is 6.42 Å². The molecule has 18 heavy (non-hydrogen) atoms. The van der Waals surface area contributed by atoms with Crippen LogP contribution in [0.4, 0.5) is 0 Å². The largest absolute Gasteiger partial charge is 0.396 e. The summed E-state index contributed by atoms with van der Waals surface area (Å²) < 4.78 is 0. The van der Waals surface area contributed by atoms with Gasteiger partial charge >= 0.3 is 0 Å². The Labute approximate surface area is 108 Å². The van der Waals surface area contributed by atoms with Crippen LogP contribution < -0.4 is 11.1 Å². The van der Waals surface area contributed by atoms with Crippen LogP contribution in [-0.2, 0) is 6.42 Å². The van der Waals surface area contributed by atoms with Crippen molar-refractivity contribution in [2.24, 2.45) is 11.7 Å². The lowest BCUT2D eigenvalue weighted by molar-refractivity contribution is 0.159. The Hall–Kier alpha value is -0.950. The summed E-state index contributed by atoms with van der Waals surface area (Å²) in [6.07, 6.45) is 4.23. The van der Waals surface area contributed by atoms with E-state index in [1.807, 2.05) is 0 Å². The summed E-state index contributed by atoms with van der Waals surface area (Å²) in [4.78, 5) is 9.60. The monoisotopic (exact) mass is 253 g/mol. The molecule has 0 radical (unpaired) electrons. The first-order chi connectivity index (χ1) is 8.79. The molecule has 1 aromatic rings. The number of nitrogens with zero attached hydrogens (tertiary/aromatic N) is 2. The second-order valence-corrected chi connectivity index (χ2v) is 4.90. The van der Waals surface area contributed by atoms with Crippen LogP contribution in [0.25, 0.3) is 0 Å². The van der Waals surface area contributed by atoms with E-state index in [2.05, 4.69) is 20.2 Å². The molecular formula is C12H23N5O. The van der Waals surface area contributed by atoms with Gasteiger partial charge in [0.1, 0.15) is 5.82 Å². The second-order valence-electron chi connectivity index (χ2n) is 4.90. The summed E-state index contributed by atoms with van der Waals surface area (Å²) in [5, 5.41) is 12.8. The zero-order valence-corrected chi connectivity index (χ0v) is 10.7. The molecule has 1 fully saturated rings. The number of nitrogens with two attached hydrogens (primary N) is 1. The summed E-state index contributed by atoms with van der Waals surface area (Å²) in [5.74, 6) is 0.954. The summed E-state index contributed by atoms with van der Waals surface area (Å²) >= 11 is 0. The number of H-pyrrole nitrogens is 1. The molecule has 1 aliphatic rings. The fourth-order valence-electron chi connectivity index (χ4n) is 2.35. The Kier molecular flexibility index (Phi) is 5.12. The Morgan fingerprint density at radius 1 is 1.44 bits per heavy atom. The van der Waals surface area contributed by atoms with Gasteiger partial charge < -0.3 is 21.1 Å². The fraction of sp³-hybridized carbons (Fsp3) is 0.750. The molecule has 2 unspecified atom stereocenters. The van der Waals surface area contributed by atoms with Crippen molar-refractivity contribution in [3.63, 3.8) is 0 Å². The molecule has 6 heteroatoms. The Balaban J connectivity index is 1.82. The van der Waals surface area contributed by atoms with Crippen LogP contribution in [0, 0.1) is 5.92 Å². The van der Waals surface area contributed by atoms with E-state index >= 15 is 0 Å². The quantitative estimate of drug-likeness (QED) is 0.511. The number of aromatic nitrogens is 2. The number of aliphatic hydroxyl groups is 1. The third-order valence-electron chi connectivity index (χ3n) is 3.53. The van der Waals surface area contributed by atoms with Crippen LogP contribution in [0.15, 0.2) is 12.4 Å². The van der Waals surface area contributed by atoms with Crippen molar-refractivity contribution in [3.05, 3.63) is 18.2 Å². The molecule has 1 aliphatic heterocycles. The van der Waals surface area contributed by atoms with Gasteiger partial charge in [0, 0.05) is 70.1 Å². The predicted octanol–water partition coefficient (Wildman–Crippen LogP) is -1.21. The van der Waals surface area contributed by atoms with Crippen LogP contribution in [-0.4, -0.2) is 65.3 Å². The van der Waals surface area contributed by atoms with Gasteiger partial charge in [0.15, 0.2) is 0 Å². The average molecular weight is 253 g/mol. The molecule has 0 aromatic carbocycles. The molecule has 2 atom stereocenters. The van der Waals surface area contributed by atoms with Gasteiger partial charge in [-0.15, -0.1) is 0 Å². The van der Waals surface area contributed by atoms with E-state index in [-0.39, 0.29) is 18.6 Å². The molecule has 0 spiro atoms. The highest BCUT2D eigenvalue weighted by molar-refractivity contribution is 4.92. The Morgan fingerprint density at radius 3 is 2.83 bits per heavy atom. The molecule has 2 heterocycles. The zero-order valence-electron chi connectivity index (χ0n) is 10.7. The van der Waals surface area contributed by atoms with Gasteiger partial charge in [-0.1, -0.05) is 0 Å². The topological polar surface area (TPSA) is 90.2 Å². The van der Waals surface area contributed by atoms with Crippen molar-refractivity contribution in [1.29, 1.82) is 0 Å². The van der Waals surface area contributed by atoms with Crippen LogP contribution in [0.3, 0.4) is 0 Å². The third-order valence-corrected chi connectivity index (χ3v) is 3.53. The summed E-state index contributed by atoms with van der Waals surface area (Å²) in [5.41, 5.74) is 6.21. The third kappa shape index (κ3) is 3.78. The average Bonchev–Trinajstić information content (AvgIpc) is 2.90. The van der Waals surface area contributed by atoms with E-state index in [9.17, 15) is 5.11 Å². The molecule has 1 aromatic heterocycles. The number of nitrogens with one attached hydrogen (secondary N) is 2. The minimum Gasteiger partial charge on any atom is -0.396 e. The SMILES string of the molecule is NC(CN1CCNCC1)C(CO)Cc1ncc[nH]1. The summed E-state index contributed by atoms with van der Waals surface area (Å²) in [6.45, 7) is 5.06. The number of rotatable bonds is 6. The first-order valence-corrected chi connectivity index (χ1v) is 6.57. The first-order valence-electron chi connectivity index (χ1n) is 6.57. The zero-order chi connectivity index (χ0) is 12.8. The van der Waals surface area contributed by atoms with E-state index < -0.39 is 0 Å². The Morgan fingerprint density at radius 2 is 2.22 bits per heavy atom. The molecular weight excluding hydrogens is 230 g/mol. The van der Waals surface area contributed by atoms with E-state index in [4.69, 9.17) is 5.73 Å². The predicted molar refractivity (Wildman–Crippen MR) is 70.2 cm³/mol. The second kappa shape index (κ2) is 6.84. The number of hydrogen-bond acceptors (Lipinski definition) is 5. The number of imidazole rings is 1. The highest BCUT2D eigenvalue weighted by atomic mass is 16.3. The van der Waals surface area contributed by atoms with E-state index in [1.165, 1.54) is 0 Å². The standard InChI is InChI=1S/C12H23N5O/c13-11(8-17-5-3-14-4-6-17)10(9-18)7-12-15-1-2-16-12/h1-2,10-11,14,18H,3-9,13H2,(H,15,16). The van der Waals surface area contributed by atoms with Crippen molar-refractivity contribution in [2.45, 2.75) is 12.5 Å². The van der Waals surface area contributed by atoms with Gasteiger partial charge in [-0.25, -0.2) is 4.98 Å². The van der Waals surface area contributed by atoms with Gasteiger partial charge in [-0.2, -0.15) is 0 Å². The summed E-state index contributed by atoms with van der Waals surface area (Å²) in [6, 6.07) is -0.0156. The van der Waals surface area contributed by atoms with Crippen molar-refractivity contribution < 1.29 is 5.11 Å². The van der Waals surface area contributed by atoms with Gasteiger partial charge in [-0.05, 0) is 0 Å². The van der Waals surface area contributed by atoms with Gasteiger partial charge in [-0.3, -0.25) is 4.90 Å². The normalized spacial score (nSPS) is 20.8. The van der Waals surface area contributed by atoms with Crippen molar-refractivity contribution in [2.75, 3.05) is 39.3 Å². The molecule has 0 aliphatic carbocycles. The molecule has 6 nitrogen and oxygen atoms in total. The molecule has 1 saturated heterocycles. The lowest BCUT2D eigenvalue weighted by atomic mass is 9.96. The van der Waals surface area contributed by atoms with Crippen molar-refractivity contribution >= 4 is 0 Å². The van der Waals surface area contributed by atoms with Crippen LogP contribution >= 0.6 is 0 Å². The highest BCUT2D eigenvalue weighted by Gasteiger charge is 2.22. The minimum absolute atomic E-state index is 0.0156. The molecule has 0 amide bonds. The van der Waals surface area contributed by atoms with Crippen LogP contribution in [0.2, 0.25) is 0 Å². The van der Waals surface area contributed by atoms with Gasteiger partial charge in [0.2, 0.25) is 0 Å². The fourth-order valence-corrected chi connectivity index (χ4v) is 2.35. The highest BCUT2D eigenvalue weighted by Crippen LogP contribution is 2.09. The first kappa shape index (κ1) is 13.5. The molecule has 0 bridgehead atoms. The lowest BCUT2D eigenvalue weighted by Crippen LogP contribution is -2.50. The number of aromatic amines is 1. The van der Waals surface area contributed by atoms with Gasteiger partial charge in [0.25, 0.3) is 0 Å². The molecule has 5 N–H and O–H groups in total. The Bertz CT molecular complexity index is 323. The number of aliphatic hydroxyl groups excluding tert-OH is 1. The van der Waals surface area contributed by atoms with E-state index in [0.717, 1.165) is 38.5 Å². The van der Waals surface area contributed by atoms with Crippen LogP contribution in [0.1, 0.15) is 5.82 Å². The van der Waals surface area contributed by atoms with Crippen molar-refractivity contribution in [3.8, 4) is 0 Å². The number of piperazine rings is 1. The van der Waals surface area contributed by atoms with Gasteiger partial charge in [0.05, 0.1) is 0 Å². The maximum atomic E-state index is 9.47. The minimum atomic E-state index is -0.0156. The van der Waals surface area contributed by atoms with Crippen molar-refractivity contribution in [1.82, 2.24) is 20.2 Å². The number of hydrogen-bond donors (Lipinski definition) is 4. The van der Waals surface area contributed by atoms with Crippen LogP contribution in [0.5, 0.6) is 0 Å². The maximum Gasteiger partial charge on any atom is 0.106 e. The molecule has 2 rings (SSSR count). The van der Waals surface area contributed by atoms with E-state index in [1.54, 1.807) is 12.4 Å². The summed E-state index contributed by atoms with van der Waals surface area (Å²) in [7, 11) is 0.